The number of aromatic amines is 1. The minimum Gasteiger partial charge on any atom is -0.392 e. The van der Waals surface area contributed by atoms with E-state index in [1.807, 2.05) is 30.5 Å². The number of imidazole rings is 1. The molecule has 4 nitrogen and oxygen atoms in total. The fourth-order valence-corrected chi connectivity index (χ4v) is 1.48. The van der Waals surface area contributed by atoms with E-state index in [2.05, 4.69) is 15.3 Å². The third-order valence-electron chi connectivity index (χ3n) is 2.38. The minimum absolute atomic E-state index is 0.0973. The Morgan fingerprint density at radius 2 is 1.88 bits per heavy atom. The highest BCUT2D eigenvalue weighted by atomic mass is 16.3. The monoisotopic (exact) mass is 217 g/mol. The zero-order chi connectivity index (χ0) is 11.2. The van der Waals surface area contributed by atoms with Crippen LogP contribution in [0.5, 0.6) is 0 Å². The van der Waals surface area contributed by atoms with Gasteiger partial charge in [-0.05, 0) is 11.1 Å². The van der Waals surface area contributed by atoms with Crippen molar-refractivity contribution in [3.63, 3.8) is 0 Å². The number of aliphatic hydroxyl groups excluding tert-OH is 1. The van der Waals surface area contributed by atoms with Gasteiger partial charge >= 0.3 is 0 Å². The topological polar surface area (TPSA) is 60.9 Å². The Morgan fingerprint density at radius 1 is 1.12 bits per heavy atom. The second kappa shape index (κ2) is 5.44. The number of aromatic nitrogens is 2. The van der Waals surface area contributed by atoms with Crippen molar-refractivity contribution in [3.05, 3.63) is 53.6 Å². The van der Waals surface area contributed by atoms with E-state index in [0.29, 0.717) is 0 Å². The van der Waals surface area contributed by atoms with E-state index in [1.54, 1.807) is 6.20 Å². The van der Waals surface area contributed by atoms with Gasteiger partial charge in [0.1, 0.15) is 5.82 Å². The van der Waals surface area contributed by atoms with Crippen LogP contribution in [0.3, 0.4) is 0 Å². The number of H-pyrrole nitrogens is 1. The lowest BCUT2D eigenvalue weighted by Crippen LogP contribution is -2.13. The molecule has 4 heteroatoms. The highest BCUT2D eigenvalue weighted by Gasteiger charge is 1.96. The summed E-state index contributed by atoms with van der Waals surface area (Å²) < 4.78 is 0. The Bertz CT molecular complexity index is 408. The van der Waals surface area contributed by atoms with Crippen molar-refractivity contribution in [2.45, 2.75) is 19.7 Å². The highest BCUT2D eigenvalue weighted by Crippen LogP contribution is 2.04. The molecule has 0 saturated carbocycles. The second-order valence-electron chi connectivity index (χ2n) is 3.61. The first-order valence-corrected chi connectivity index (χ1v) is 5.26. The Balaban J connectivity index is 1.81. The van der Waals surface area contributed by atoms with Crippen LogP contribution in [0.15, 0.2) is 36.7 Å². The molecule has 1 aromatic heterocycles. The van der Waals surface area contributed by atoms with Crippen molar-refractivity contribution < 1.29 is 5.11 Å². The molecule has 2 rings (SSSR count). The van der Waals surface area contributed by atoms with Crippen LogP contribution >= 0.6 is 0 Å². The SMILES string of the molecule is OCc1ccc(CNCc2ncc[nH]2)cc1. The van der Waals surface area contributed by atoms with E-state index < -0.39 is 0 Å². The number of nitrogens with one attached hydrogen (secondary N) is 2. The van der Waals surface area contributed by atoms with Gasteiger partial charge in [-0.25, -0.2) is 4.98 Å². The summed E-state index contributed by atoms with van der Waals surface area (Å²) in [5.41, 5.74) is 2.14. The summed E-state index contributed by atoms with van der Waals surface area (Å²) in [5, 5.41) is 12.2. The zero-order valence-corrected chi connectivity index (χ0v) is 8.98. The van der Waals surface area contributed by atoms with Crippen LogP contribution in [0.2, 0.25) is 0 Å². The van der Waals surface area contributed by atoms with Gasteiger partial charge < -0.3 is 15.4 Å². The molecule has 0 aliphatic carbocycles. The molecule has 0 radical (unpaired) electrons. The first kappa shape index (κ1) is 10.9. The first-order valence-electron chi connectivity index (χ1n) is 5.26. The minimum atomic E-state index is 0.0973. The van der Waals surface area contributed by atoms with Crippen molar-refractivity contribution in [3.8, 4) is 0 Å². The smallest absolute Gasteiger partial charge is 0.120 e. The van der Waals surface area contributed by atoms with E-state index in [9.17, 15) is 0 Å². The van der Waals surface area contributed by atoms with E-state index in [4.69, 9.17) is 5.11 Å². The van der Waals surface area contributed by atoms with Gasteiger partial charge in [-0.3, -0.25) is 0 Å². The summed E-state index contributed by atoms with van der Waals surface area (Å²) in [6.45, 7) is 1.63. The molecule has 2 aromatic rings. The van der Waals surface area contributed by atoms with Crippen molar-refractivity contribution in [1.82, 2.24) is 15.3 Å². The predicted octanol–water partition coefficient (Wildman–Crippen LogP) is 1.19. The Hall–Kier alpha value is -1.65. The van der Waals surface area contributed by atoms with E-state index in [1.165, 1.54) is 5.56 Å². The number of aliphatic hydroxyl groups is 1. The lowest BCUT2D eigenvalue weighted by Gasteiger charge is -2.04. The van der Waals surface area contributed by atoms with Gasteiger partial charge in [-0.15, -0.1) is 0 Å². The van der Waals surface area contributed by atoms with Gasteiger partial charge in [0.2, 0.25) is 0 Å². The maximum atomic E-state index is 8.90. The van der Waals surface area contributed by atoms with E-state index in [0.717, 1.165) is 24.5 Å². The molecule has 84 valence electrons. The van der Waals surface area contributed by atoms with Crippen LogP contribution in [0, 0.1) is 0 Å². The van der Waals surface area contributed by atoms with Crippen LogP contribution in [0.25, 0.3) is 0 Å². The molecule has 3 N–H and O–H groups in total. The number of hydrogen-bond donors (Lipinski definition) is 3. The molecule has 0 amide bonds. The molecule has 0 atom stereocenters. The van der Waals surface area contributed by atoms with Gasteiger partial charge in [-0.1, -0.05) is 24.3 Å². The van der Waals surface area contributed by atoms with Gasteiger partial charge in [0.15, 0.2) is 0 Å². The van der Waals surface area contributed by atoms with E-state index >= 15 is 0 Å². The third-order valence-corrected chi connectivity index (χ3v) is 2.38. The first-order chi connectivity index (χ1) is 7.88. The molecule has 1 heterocycles. The normalized spacial score (nSPS) is 10.6. The average Bonchev–Trinajstić information content (AvgIpc) is 2.83. The molecule has 0 fully saturated rings. The number of nitrogens with zero attached hydrogens (tertiary/aromatic N) is 1. The molecule has 0 spiro atoms. The quantitative estimate of drug-likeness (QED) is 0.705. The average molecular weight is 217 g/mol. The molecule has 1 aromatic carbocycles. The van der Waals surface area contributed by atoms with Crippen LogP contribution in [0.1, 0.15) is 17.0 Å². The fourth-order valence-electron chi connectivity index (χ4n) is 1.48. The summed E-state index contributed by atoms with van der Waals surface area (Å²) in [6, 6.07) is 7.90. The molecule has 16 heavy (non-hydrogen) atoms. The summed E-state index contributed by atoms with van der Waals surface area (Å²) in [5.74, 6) is 0.937. The number of benzene rings is 1. The third kappa shape index (κ3) is 2.92. The molecule has 0 aliphatic heterocycles. The summed E-state index contributed by atoms with van der Waals surface area (Å²) in [6.07, 6.45) is 3.56. The largest absolute Gasteiger partial charge is 0.392 e. The van der Waals surface area contributed by atoms with Gasteiger partial charge in [-0.2, -0.15) is 0 Å². The fraction of sp³-hybridized carbons (Fsp3) is 0.250. The van der Waals surface area contributed by atoms with Crippen LogP contribution in [-0.4, -0.2) is 15.1 Å². The molecule has 0 bridgehead atoms. The van der Waals surface area contributed by atoms with Gasteiger partial charge in [0.25, 0.3) is 0 Å². The Labute approximate surface area is 94.4 Å². The van der Waals surface area contributed by atoms with Crippen molar-refractivity contribution in [2.24, 2.45) is 0 Å². The number of hydrogen-bond acceptors (Lipinski definition) is 3. The van der Waals surface area contributed by atoms with Crippen molar-refractivity contribution in [2.75, 3.05) is 0 Å². The number of rotatable bonds is 5. The predicted molar refractivity (Wildman–Crippen MR) is 61.5 cm³/mol. The van der Waals surface area contributed by atoms with Crippen LogP contribution in [-0.2, 0) is 19.7 Å². The van der Waals surface area contributed by atoms with Crippen LogP contribution in [0.4, 0.5) is 0 Å². The zero-order valence-electron chi connectivity index (χ0n) is 8.98. The van der Waals surface area contributed by atoms with Gasteiger partial charge in [0, 0.05) is 18.9 Å². The van der Waals surface area contributed by atoms with E-state index in [-0.39, 0.29) is 6.61 Å². The highest BCUT2D eigenvalue weighted by molar-refractivity contribution is 5.21. The lowest BCUT2D eigenvalue weighted by molar-refractivity contribution is 0.282. The summed E-state index contributed by atoms with van der Waals surface area (Å²) in [7, 11) is 0. The molecule has 0 saturated heterocycles. The molecule has 0 aliphatic rings. The Morgan fingerprint density at radius 3 is 2.50 bits per heavy atom. The van der Waals surface area contributed by atoms with Crippen LogP contribution < -0.4 is 5.32 Å². The maximum absolute atomic E-state index is 8.90. The van der Waals surface area contributed by atoms with Gasteiger partial charge in [0.05, 0.1) is 13.2 Å². The lowest BCUT2D eigenvalue weighted by atomic mass is 10.1. The molecule has 0 unspecified atom stereocenters. The summed E-state index contributed by atoms with van der Waals surface area (Å²) in [4.78, 5) is 7.16. The molecular weight excluding hydrogens is 202 g/mol. The maximum Gasteiger partial charge on any atom is 0.120 e. The van der Waals surface area contributed by atoms with Crippen molar-refractivity contribution >= 4 is 0 Å². The molecular formula is C12H15N3O. The standard InChI is InChI=1S/C12H15N3O/c16-9-11-3-1-10(2-4-11)7-13-8-12-14-5-6-15-12/h1-6,13,16H,7-9H2,(H,14,15). The van der Waals surface area contributed by atoms with Crippen molar-refractivity contribution in [1.29, 1.82) is 0 Å². The summed E-state index contributed by atoms with van der Waals surface area (Å²) >= 11 is 0. The second-order valence-corrected chi connectivity index (χ2v) is 3.61. The Kier molecular flexibility index (Phi) is 3.69.